The minimum atomic E-state index is -0.779. The fourth-order valence-corrected chi connectivity index (χ4v) is 12.8. The molecular formula is C56H61F3N10O6. The summed E-state index contributed by atoms with van der Waals surface area (Å²) in [7, 11) is 0. The van der Waals surface area contributed by atoms with E-state index in [1.54, 1.807) is 18.3 Å². The minimum Gasteiger partial charge on any atom is -0.508 e. The summed E-state index contributed by atoms with van der Waals surface area (Å²) in [6.07, 6.45) is 15.9. The highest BCUT2D eigenvalue weighted by molar-refractivity contribution is 6.06. The molecule has 0 aliphatic carbocycles. The number of hydrogen-bond donors (Lipinski definition) is 3. The zero-order chi connectivity index (χ0) is 51.5. The largest absolute Gasteiger partial charge is 0.508 e. The Bertz CT molecular complexity index is 3100. The highest BCUT2D eigenvalue weighted by atomic mass is 19.1. The van der Waals surface area contributed by atoms with Crippen LogP contribution in [0.5, 0.6) is 11.8 Å². The number of terminal acetylenes is 1. The maximum Gasteiger partial charge on any atom is 0.319 e. The summed E-state index contributed by atoms with van der Waals surface area (Å²) in [4.78, 5) is 61.9. The van der Waals surface area contributed by atoms with Gasteiger partial charge in [-0.1, -0.05) is 12.0 Å². The number of nitrogens with one attached hydrogen (secondary N) is 2. The highest BCUT2D eigenvalue weighted by Crippen LogP contribution is 2.40. The molecule has 0 spiro atoms. The third-order valence-electron chi connectivity index (χ3n) is 16.8. The summed E-state index contributed by atoms with van der Waals surface area (Å²) in [6, 6.07) is 8.74. The lowest BCUT2D eigenvalue weighted by molar-refractivity contribution is -0.136. The molecule has 6 saturated heterocycles. The number of nitrogens with zero attached hydrogens (tertiary/aromatic N) is 8. The average Bonchev–Trinajstić information content (AvgIpc) is 3.94. The molecular weight excluding hydrogens is 966 g/mol. The van der Waals surface area contributed by atoms with Gasteiger partial charge in [-0.25, -0.2) is 13.2 Å². The van der Waals surface area contributed by atoms with Gasteiger partial charge in [-0.05, 0) is 99.4 Å². The van der Waals surface area contributed by atoms with Crippen LogP contribution < -0.4 is 25.2 Å². The lowest BCUT2D eigenvalue weighted by Gasteiger charge is -2.40. The van der Waals surface area contributed by atoms with E-state index in [2.05, 4.69) is 46.1 Å². The number of piperidine rings is 4. The van der Waals surface area contributed by atoms with Crippen molar-refractivity contribution >= 4 is 50.9 Å². The summed E-state index contributed by atoms with van der Waals surface area (Å²) < 4.78 is 61.0. The van der Waals surface area contributed by atoms with Crippen LogP contribution in [-0.4, -0.2) is 155 Å². The van der Waals surface area contributed by atoms with Gasteiger partial charge in [0.1, 0.15) is 41.2 Å². The molecule has 3 aromatic carbocycles. The van der Waals surface area contributed by atoms with Crippen LogP contribution >= 0.6 is 0 Å². The molecule has 3 unspecified atom stereocenters. The van der Waals surface area contributed by atoms with Crippen molar-refractivity contribution in [2.24, 2.45) is 5.92 Å². The van der Waals surface area contributed by atoms with E-state index in [-0.39, 0.29) is 101 Å². The summed E-state index contributed by atoms with van der Waals surface area (Å²) in [5.74, 6) is 0.291. The van der Waals surface area contributed by atoms with Gasteiger partial charge in [0.25, 0.3) is 5.91 Å². The minimum absolute atomic E-state index is 0.0143. The maximum absolute atomic E-state index is 17.0. The Kier molecular flexibility index (Phi) is 13.5. The smallest absolute Gasteiger partial charge is 0.319 e. The number of aromatic hydroxyl groups is 1. The third kappa shape index (κ3) is 9.70. The van der Waals surface area contributed by atoms with Crippen molar-refractivity contribution in [1.29, 1.82) is 0 Å². The normalized spacial score (nSPS) is 23.4. The zero-order valence-corrected chi connectivity index (χ0v) is 41.8. The number of fused-ring (bicyclic) bond motifs is 5. The van der Waals surface area contributed by atoms with E-state index in [9.17, 15) is 19.5 Å². The summed E-state index contributed by atoms with van der Waals surface area (Å²) in [5, 5.41) is 17.8. The molecule has 19 heteroatoms. The molecule has 5 aromatic rings. The van der Waals surface area contributed by atoms with Crippen molar-refractivity contribution in [1.82, 2.24) is 40.3 Å². The number of halogens is 3. The number of aromatic nitrogens is 3. The number of rotatable bonds is 12. The predicted molar refractivity (Wildman–Crippen MR) is 275 cm³/mol. The van der Waals surface area contributed by atoms with Crippen LogP contribution in [-0.2, 0) is 20.9 Å². The van der Waals surface area contributed by atoms with Gasteiger partial charge in [0.2, 0.25) is 11.8 Å². The number of amides is 3. The van der Waals surface area contributed by atoms with Crippen molar-refractivity contribution in [2.45, 2.75) is 101 Å². The molecule has 12 rings (SSSR count). The van der Waals surface area contributed by atoms with E-state index in [0.717, 1.165) is 97.2 Å². The first-order chi connectivity index (χ1) is 36.4. The molecule has 0 radical (unpaired) electrons. The lowest BCUT2D eigenvalue weighted by Crippen LogP contribution is -2.52. The fourth-order valence-electron chi connectivity index (χ4n) is 12.8. The molecule has 392 valence electrons. The molecule has 2 bridgehead atoms. The van der Waals surface area contributed by atoms with Gasteiger partial charge in [0, 0.05) is 112 Å². The predicted octanol–water partition coefficient (Wildman–Crippen LogP) is 5.89. The van der Waals surface area contributed by atoms with Gasteiger partial charge in [0.15, 0.2) is 11.6 Å². The number of hydrogen-bond acceptors (Lipinski definition) is 14. The molecule has 75 heavy (non-hydrogen) atoms. The van der Waals surface area contributed by atoms with Gasteiger partial charge >= 0.3 is 6.01 Å². The zero-order valence-electron chi connectivity index (χ0n) is 41.8. The van der Waals surface area contributed by atoms with Crippen molar-refractivity contribution < 1.29 is 42.1 Å². The Morgan fingerprint density at radius 1 is 0.800 bits per heavy atom. The van der Waals surface area contributed by atoms with Crippen LogP contribution in [0.25, 0.3) is 32.9 Å². The van der Waals surface area contributed by atoms with Gasteiger partial charge in [-0.2, -0.15) is 9.97 Å². The van der Waals surface area contributed by atoms with Crippen LogP contribution in [0.4, 0.5) is 24.7 Å². The van der Waals surface area contributed by atoms with Crippen LogP contribution in [0.15, 0.2) is 42.6 Å². The van der Waals surface area contributed by atoms with Gasteiger partial charge in [-0.3, -0.25) is 29.6 Å². The Hall–Kier alpha value is -6.59. The van der Waals surface area contributed by atoms with Gasteiger partial charge in [0.05, 0.1) is 35.4 Å². The second-order valence-electron chi connectivity index (χ2n) is 21.5. The van der Waals surface area contributed by atoms with Crippen molar-refractivity contribution in [3.63, 3.8) is 0 Å². The van der Waals surface area contributed by atoms with E-state index in [0.29, 0.717) is 60.0 Å². The Morgan fingerprint density at radius 3 is 2.25 bits per heavy atom. The summed E-state index contributed by atoms with van der Waals surface area (Å²) >= 11 is 0. The Morgan fingerprint density at radius 2 is 1.53 bits per heavy atom. The van der Waals surface area contributed by atoms with Crippen LogP contribution in [0.2, 0.25) is 0 Å². The molecule has 7 aliphatic rings. The quantitative estimate of drug-likeness (QED) is 0.1000. The highest BCUT2D eigenvalue weighted by Gasteiger charge is 2.41. The molecule has 16 nitrogen and oxygen atoms in total. The fraction of sp³-hybridized carbons (Fsp3) is 0.500. The number of likely N-dealkylation sites (tertiary alicyclic amines) is 2. The second-order valence-corrected chi connectivity index (χ2v) is 21.5. The Labute approximate surface area is 432 Å². The number of imide groups is 1. The monoisotopic (exact) mass is 1030 g/mol. The van der Waals surface area contributed by atoms with Crippen LogP contribution in [0.1, 0.15) is 85.7 Å². The SMILES string of the molecule is C#Cc1c(F)ccc2cc(O)cc(-c3ncc4c(N5CC6CCC(C5)N6)nc(OCCN5CCC(OC6CCN(CC7CCN(c8ccc9c(c8F)CN(C8CCC(=O)NC8=O)C9=O)CC7)CC6)CC5)nc4c3F)c12. The van der Waals surface area contributed by atoms with E-state index >= 15 is 13.2 Å². The summed E-state index contributed by atoms with van der Waals surface area (Å²) in [5.41, 5.74) is 1.11. The van der Waals surface area contributed by atoms with Crippen molar-refractivity contribution in [2.75, 3.05) is 81.9 Å². The molecule has 9 heterocycles. The maximum atomic E-state index is 17.0. The topological polar surface area (TPSA) is 169 Å². The summed E-state index contributed by atoms with van der Waals surface area (Å²) in [6.45, 7) is 8.46. The number of phenolic OH excluding ortho intramolecular Hbond substituents is 1. The first-order valence-electron chi connectivity index (χ1n) is 26.7. The number of phenols is 1. The van der Waals surface area contributed by atoms with E-state index in [4.69, 9.17) is 20.9 Å². The second kappa shape index (κ2) is 20.5. The van der Waals surface area contributed by atoms with Gasteiger partial charge < -0.3 is 39.5 Å². The molecule has 3 amide bonds. The van der Waals surface area contributed by atoms with Crippen LogP contribution in [0.3, 0.4) is 0 Å². The van der Waals surface area contributed by atoms with Gasteiger partial charge in [-0.15, -0.1) is 6.42 Å². The van der Waals surface area contributed by atoms with Crippen molar-refractivity contribution in [3.8, 4) is 35.4 Å². The van der Waals surface area contributed by atoms with Crippen molar-refractivity contribution in [3.05, 3.63) is 76.7 Å². The van der Waals surface area contributed by atoms with E-state index in [1.807, 2.05) is 0 Å². The number of benzene rings is 3. The molecule has 7 aliphatic heterocycles. The lowest BCUT2D eigenvalue weighted by atomic mass is 9.94. The number of pyridine rings is 1. The number of ether oxygens (including phenoxy) is 2. The van der Waals surface area contributed by atoms with E-state index in [1.165, 1.54) is 29.2 Å². The third-order valence-corrected chi connectivity index (χ3v) is 16.8. The first-order valence-corrected chi connectivity index (χ1v) is 26.7. The molecule has 2 aromatic heterocycles. The molecule has 3 N–H and O–H groups in total. The number of anilines is 2. The standard InChI is InChI=1S/C56H61F3N10O6/c1-2-39-44(57)7-3-33-25-36(70)26-41(48(33)39)51-50(59)52-42(27-60-51)53(68-29-34-4-5-35(30-68)61-34)64-56(63-52)74-24-23-65-17-13-37(14-18-65)75-38-15-19-66(20-16-38)28-32-11-21-67(22-12-32)45-8-6-40-43(49(45)58)31-69(55(40)73)46-9-10-47(71)62-54(46)72/h1,3,6-8,25-27,32,34-35,37-38,46,61,70H,4-5,9-24,28-31H2,(H,62,71,72). The number of carbonyl (C=O) groups is 3. The Balaban J connectivity index is 0.619. The molecule has 6 fully saturated rings. The number of piperazine rings is 1. The molecule has 3 atom stereocenters. The first kappa shape index (κ1) is 49.3. The molecule has 0 saturated carbocycles. The van der Waals surface area contributed by atoms with E-state index < -0.39 is 29.4 Å². The van der Waals surface area contributed by atoms with Crippen LogP contribution in [0, 0.1) is 35.7 Å². The average molecular weight is 1030 g/mol. The number of carbonyl (C=O) groups excluding carboxylic acids is 3.